The van der Waals surface area contributed by atoms with Gasteiger partial charge in [0.05, 0.1) is 5.69 Å². The van der Waals surface area contributed by atoms with E-state index < -0.39 is 0 Å². The van der Waals surface area contributed by atoms with Gasteiger partial charge in [0.2, 0.25) is 5.91 Å². The fraction of sp³-hybridized carbons (Fsp3) is 0.429. The van der Waals surface area contributed by atoms with Gasteiger partial charge in [0.15, 0.2) is 5.12 Å². The van der Waals surface area contributed by atoms with Crippen LogP contribution in [0.3, 0.4) is 0 Å². The number of benzene rings is 1. The topological polar surface area (TPSA) is 46.2 Å². The minimum absolute atomic E-state index is 0.0242. The first-order valence-electron chi connectivity index (χ1n) is 6.03. The number of anilines is 1. The van der Waals surface area contributed by atoms with Crippen molar-refractivity contribution in [2.75, 3.05) is 5.32 Å². The van der Waals surface area contributed by atoms with Gasteiger partial charge in [0.1, 0.15) is 0 Å². The number of amides is 1. The maximum atomic E-state index is 11.7. The molecule has 0 heterocycles. The summed E-state index contributed by atoms with van der Waals surface area (Å²) in [5, 5.41) is 2.94. The number of carbonyl (C=O) groups is 2. The molecule has 0 atom stereocenters. The van der Waals surface area contributed by atoms with Gasteiger partial charge in [-0.2, -0.15) is 0 Å². The Morgan fingerprint density at radius 2 is 1.67 bits per heavy atom. The molecular formula is C14H19NO2S. The number of carbonyl (C=O) groups excluding carboxylic acids is 2. The van der Waals surface area contributed by atoms with Crippen LogP contribution in [-0.4, -0.2) is 11.0 Å². The maximum absolute atomic E-state index is 11.7. The van der Waals surface area contributed by atoms with Gasteiger partial charge in [-0.25, -0.2) is 0 Å². The lowest BCUT2D eigenvalue weighted by Crippen LogP contribution is -2.18. The van der Waals surface area contributed by atoms with Crippen LogP contribution in [0.2, 0.25) is 0 Å². The van der Waals surface area contributed by atoms with Crippen LogP contribution in [0.15, 0.2) is 29.2 Å². The zero-order chi connectivity index (χ0) is 13.7. The van der Waals surface area contributed by atoms with Crippen molar-refractivity contribution in [3.63, 3.8) is 0 Å². The molecule has 1 aromatic rings. The van der Waals surface area contributed by atoms with Gasteiger partial charge < -0.3 is 5.32 Å². The van der Waals surface area contributed by atoms with Crippen LogP contribution in [0.1, 0.15) is 27.7 Å². The molecule has 1 aromatic carbocycles. The van der Waals surface area contributed by atoms with Crippen LogP contribution in [0.25, 0.3) is 0 Å². The summed E-state index contributed by atoms with van der Waals surface area (Å²) >= 11 is 1.18. The highest BCUT2D eigenvalue weighted by atomic mass is 32.2. The number of nitrogens with one attached hydrogen (secondary N) is 1. The summed E-state index contributed by atoms with van der Waals surface area (Å²) in [7, 11) is 0. The Balaban J connectivity index is 2.86. The van der Waals surface area contributed by atoms with E-state index in [2.05, 4.69) is 5.32 Å². The molecule has 98 valence electrons. The third-order valence-corrected chi connectivity index (χ3v) is 3.60. The molecule has 0 bridgehead atoms. The third kappa shape index (κ3) is 4.18. The first kappa shape index (κ1) is 14.8. The third-order valence-electron chi connectivity index (χ3n) is 2.35. The molecule has 0 aromatic heterocycles. The Labute approximate surface area is 112 Å². The molecule has 4 heteroatoms. The van der Waals surface area contributed by atoms with E-state index in [0.29, 0.717) is 5.69 Å². The number of para-hydroxylation sites is 1. The molecular weight excluding hydrogens is 246 g/mol. The molecule has 0 unspecified atom stereocenters. The predicted molar refractivity (Wildman–Crippen MR) is 75.6 cm³/mol. The van der Waals surface area contributed by atoms with Crippen molar-refractivity contribution in [1.82, 2.24) is 0 Å². The van der Waals surface area contributed by atoms with Crippen molar-refractivity contribution in [2.45, 2.75) is 32.6 Å². The van der Waals surface area contributed by atoms with E-state index >= 15 is 0 Å². The summed E-state index contributed by atoms with van der Waals surface area (Å²) < 4.78 is 0. The lowest BCUT2D eigenvalue weighted by Gasteiger charge is -2.12. The van der Waals surface area contributed by atoms with Crippen LogP contribution < -0.4 is 5.32 Å². The second-order valence-corrected chi connectivity index (χ2v) is 5.76. The summed E-state index contributed by atoms with van der Waals surface area (Å²) in [6.07, 6.45) is 0. The largest absolute Gasteiger partial charge is 0.325 e. The SMILES string of the molecule is CC(C)C(=O)Nc1ccccc1SC(=O)C(C)C. The number of thioether (sulfide) groups is 1. The molecule has 0 aliphatic carbocycles. The van der Waals surface area contributed by atoms with E-state index in [1.165, 1.54) is 11.8 Å². The highest BCUT2D eigenvalue weighted by Crippen LogP contribution is 2.29. The standard InChI is InChI=1S/C14H19NO2S/c1-9(2)13(16)15-11-7-5-6-8-12(11)18-14(17)10(3)4/h5-10H,1-4H3,(H,15,16). The maximum Gasteiger partial charge on any atom is 0.226 e. The summed E-state index contributed by atoms with van der Waals surface area (Å²) in [4.78, 5) is 24.2. The molecule has 0 spiro atoms. The fourth-order valence-electron chi connectivity index (χ4n) is 1.16. The van der Waals surface area contributed by atoms with E-state index in [-0.39, 0.29) is 22.9 Å². The van der Waals surface area contributed by atoms with Crippen molar-refractivity contribution in [3.05, 3.63) is 24.3 Å². The molecule has 3 nitrogen and oxygen atoms in total. The minimum atomic E-state index is -0.0798. The number of rotatable bonds is 4. The number of hydrogen-bond donors (Lipinski definition) is 1. The Kier molecular flexibility index (Phi) is 5.41. The minimum Gasteiger partial charge on any atom is -0.325 e. The predicted octanol–water partition coefficient (Wildman–Crippen LogP) is 3.56. The van der Waals surface area contributed by atoms with Gasteiger partial charge in [-0.3, -0.25) is 9.59 Å². The lowest BCUT2D eigenvalue weighted by atomic mass is 10.2. The van der Waals surface area contributed by atoms with Crippen molar-refractivity contribution in [1.29, 1.82) is 0 Å². The van der Waals surface area contributed by atoms with Gasteiger partial charge in [-0.15, -0.1) is 0 Å². The Bertz CT molecular complexity index is 400. The Hall–Kier alpha value is -1.29. The van der Waals surface area contributed by atoms with E-state index in [1.807, 2.05) is 52.0 Å². The van der Waals surface area contributed by atoms with Crippen LogP contribution in [0.5, 0.6) is 0 Å². The van der Waals surface area contributed by atoms with E-state index in [0.717, 1.165) is 4.90 Å². The average Bonchev–Trinajstić information content (AvgIpc) is 2.31. The molecule has 0 aliphatic rings. The van der Waals surface area contributed by atoms with Gasteiger partial charge >= 0.3 is 0 Å². The molecule has 0 fully saturated rings. The first-order chi connectivity index (χ1) is 8.41. The quantitative estimate of drug-likeness (QED) is 0.847. The summed E-state index contributed by atoms with van der Waals surface area (Å²) in [6.45, 7) is 7.41. The van der Waals surface area contributed by atoms with Gasteiger partial charge in [0.25, 0.3) is 0 Å². The summed E-state index contributed by atoms with van der Waals surface area (Å²) in [6, 6.07) is 7.37. The zero-order valence-electron chi connectivity index (χ0n) is 11.2. The van der Waals surface area contributed by atoms with Crippen LogP contribution >= 0.6 is 11.8 Å². The summed E-state index contributed by atoms with van der Waals surface area (Å²) in [5.74, 6) is -0.146. The average molecular weight is 265 g/mol. The molecule has 0 radical (unpaired) electrons. The molecule has 1 amide bonds. The van der Waals surface area contributed by atoms with Crippen LogP contribution in [0.4, 0.5) is 5.69 Å². The van der Waals surface area contributed by atoms with Crippen molar-refractivity contribution in [3.8, 4) is 0 Å². The first-order valence-corrected chi connectivity index (χ1v) is 6.85. The zero-order valence-corrected chi connectivity index (χ0v) is 12.0. The van der Waals surface area contributed by atoms with Crippen molar-refractivity contribution in [2.24, 2.45) is 11.8 Å². The second kappa shape index (κ2) is 6.59. The molecule has 0 aliphatic heterocycles. The fourth-order valence-corrected chi connectivity index (χ4v) is 1.99. The highest BCUT2D eigenvalue weighted by Gasteiger charge is 2.14. The molecule has 0 saturated carbocycles. The molecule has 18 heavy (non-hydrogen) atoms. The van der Waals surface area contributed by atoms with Crippen LogP contribution in [-0.2, 0) is 9.59 Å². The van der Waals surface area contributed by atoms with E-state index in [4.69, 9.17) is 0 Å². The number of hydrogen-bond acceptors (Lipinski definition) is 3. The van der Waals surface area contributed by atoms with Gasteiger partial charge in [-0.05, 0) is 23.9 Å². The second-order valence-electron chi connectivity index (χ2n) is 4.72. The van der Waals surface area contributed by atoms with Crippen molar-refractivity contribution < 1.29 is 9.59 Å². The molecule has 1 N–H and O–H groups in total. The van der Waals surface area contributed by atoms with Gasteiger partial charge in [-0.1, -0.05) is 39.8 Å². The smallest absolute Gasteiger partial charge is 0.226 e. The normalized spacial score (nSPS) is 10.8. The lowest BCUT2D eigenvalue weighted by molar-refractivity contribution is -0.119. The molecule has 0 saturated heterocycles. The van der Waals surface area contributed by atoms with Crippen molar-refractivity contribution >= 4 is 28.5 Å². The molecule has 1 rings (SSSR count). The Morgan fingerprint density at radius 1 is 1.06 bits per heavy atom. The highest BCUT2D eigenvalue weighted by molar-refractivity contribution is 8.13. The van der Waals surface area contributed by atoms with Gasteiger partial charge in [0, 0.05) is 16.7 Å². The summed E-state index contributed by atoms with van der Waals surface area (Å²) in [5.41, 5.74) is 0.704. The monoisotopic (exact) mass is 265 g/mol. The van der Waals surface area contributed by atoms with E-state index in [9.17, 15) is 9.59 Å². The Morgan fingerprint density at radius 3 is 2.22 bits per heavy atom. The van der Waals surface area contributed by atoms with Crippen LogP contribution in [0, 0.1) is 11.8 Å². The van der Waals surface area contributed by atoms with E-state index in [1.54, 1.807) is 0 Å².